The lowest BCUT2D eigenvalue weighted by Gasteiger charge is -2.12. The lowest BCUT2D eigenvalue weighted by molar-refractivity contribution is -0.0805. The van der Waals surface area contributed by atoms with Gasteiger partial charge in [-0.15, -0.1) is 21.8 Å². The highest BCUT2D eigenvalue weighted by Crippen LogP contribution is 1.95. The normalized spacial score (nSPS) is 10.7. The van der Waals surface area contributed by atoms with Crippen molar-refractivity contribution in [3.63, 3.8) is 0 Å². The molecular formula is C5H11IO2Si. The molecule has 0 saturated heterocycles. The predicted molar refractivity (Wildman–Crippen MR) is 46.8 cm³/mol. The Labute approximate surface area is 71.3 Å². The van der Waals surface area contributed by atoms with Crippen molar-refractivity contribution in [2.24, 2.45) is 0 Å². The summed E-state index contributed by atoms with van der Waals surface area (Å²) < 4.78 is 10.4. The van der Waals surface area contributed by atoms with E-state index in [-0.39, 0.29) is 5.91 Å². The molecule has 0 amide bonds. The number of ether oxygens (including phenoxy) is 2. The lowest BCUT2D eigenvalue weighted by Crippen LogP contribution is -2.20. The fourth-order valence-electron chi connectivity index (χ4n) is 0.414. The van der Waals surface area contributed by atoms with E-state index < -0.39 is 0 Å². The Morgan fingerprint density at radius 2 is 1.78 bits per heavy atom. The van der Waals surface area contributed by atoms with E-state index in [0.29, 0.717) is 7.02 Å². The summed E-state index contributed by atoms with van der Waals surface area (Å²) in [5.41, 5.74) is 0. The molecule has 2 nitrogen and oxygen atoms in total. The van der Waals surface area contributed by atoms with Crippen LogP contribution in [0, 0.1) is 0 Å². The molecule has 0 spiro atoms. The number of halogens is 1. The van der Waals surface area contributed by atoms with E-state index in [1.165, 1.54) is 0 Å². The van der Waals surface area contributed by atoms with Crippen LogP contribution in [0.2, 0.25) is 0 Å². The topological polar surface area (TPSA) is 18.5 Å². The molecular weight excluding hydrogens is 247 g/mol. The second kappa shape index (κ2) is 6.98. The van der Waals surface area contributed by atoms with Gasteiger partial charge in [0, 0.05) is 13.2 Å². The molecule has 0 aliphatic carbocycles. The van der Waals surface area contributed by atoms with Crippen molar-refractivity contribution >= 4 is 28.8 Å². The smallest absolute Gasteiger partial charge is 0.204 e. The van der Waals surface area contributed by atoms with Gasteiger partial charge in [-0.05, 0) is 13.8 Å². The van der Waals surface area contributed by atoms with Crippen LogP contribution in [0.25, 0.3) is 0 Å². The summed E-state index contributed by atoms with van der Waals surface area (Å²) in [6.07, 6.45) is 0. The van der Waals surface area contributed by atoms with E-state index in [1.54, 1.807) is 0 Å². The largest absolute Gasteiger partial charge is 0.356 e. The molecule has 0 aromatic heterocycles. The summed E-state index contributed by atoms with van der Waals surface area (Å²) >= 11 is 2.27. The lowest BCUT2D eigenvalue weighted by atomic mass is 10.9. The minimum absolute atomic E-state index is 0.0283. The van der Waals surface area contributed by atoms with E-state index in [2.05, 4.69) is 21.8 Å². The Morgan fingerprint density at radius 1 is 1.33 bits per heavy atom. The minimum atomic E-state index is 0.0283. The zero-order valence-electron chi connectivity index (χ0n) is 5.69. The Morgan fingerprint density at radius 3 is 2.00 bits per heavy atom. The number of hydrogen-bond donors (Lipinski definition) is 0. The molecule has 2 radical (unpaired) electrons. The molecule has 54 valence electrons. The summed E-state index contributed by atoms with van der Waals surface area (Å²) in [5.74, 6) is 0.0283. The summed E-state index contributed by atoms with van der Waals surface area (Å²) in [6, 6.07) is 0. The Kier molecular flexibility index (Phi) is 7.65. The second-order valence-corrected chi connectivity index (χ2v) is 3.91. The van der Waals surface area contributed by atoms with Crippen LogP contribution in [-0.4, -0.2) is 26.1 Å². The van der Waals surface area contributed by atoms with Gasteiger partial charge in [0.05, 0.1) is 0 Å². The maximum absolute atomic E-state index is 5.21. The van der Waals surface area contributed by atoms with Gasteiger partial charge in [-0.25, -0.2) is 0 Å². The number of rotatable bonds is 5. The monoisotopic (exact) mass is 258 g/mol. The van der Waals surface area contributed by atoms with Gasteiger partial charge >= 0.3 is 0 Å². The summed E-state index contributed by atoms with van der Waals surface area (Å²) in [4.78, 5) is 0. The molecule has 4 heteroatoms. The molecule has 0 fully saturated rings. The van der Waals surface area contributed by atoms with E-state index >= 15 is 0 Å². The standard InChI is InChI=1S/C5H11IO2Si/c1-3-7-5(9-6)8-4-2/h5H,3-4H2,1-2H3. The molecule has 0 heterocycles. The molecule has 0 aliphatic rings. The van der Waals surface area contributed by atoms with Crippen LogP contribution in [0.5, 0.6) is 0 Å². The van der Waals surface area contributed by atoms with Crippen LogP contribution in [0.3, 0.4) is 0 Å². The van der Waals surface area contributed by atoms with Crippen molar-refractivity contribution in [3.8, 4) is 0 Å². The molecule has 0 saturated carbocycles. The van der Waals surface area contributed by atoms with Gasteiger partial charge in [-0.2, -0.15) is 0 Å². The van der Waals surface area contributed by atoms with Crippen molar-refractivity contribution in [3.05, 3.63) is 0 Å². The molecule has 0 aliphatic heterocycles. The maximum Gasteiger partial charge on any atom is 0.204 e. The third kappa shape index (κ3) is 5.32. The first kappa shape index (κ1) is 9.87. The number of hydrogen-bond acceptors (Lipinski definition) is 2. The Balaban J connectivity index is 3.18. The Bertz CT molecular complexity index is 56.9. The van der Waals surface area contributed by atoms with Crippen LogP contribution in [0.1, 0.15) is 13.8 Å². The van der Waals surface area contributed by atoms with Gasteiger partial charge in [0.2, 0.25) is 7.02 Å². The summed E-state index contributed by atoms with van der Waals surface area (Å²) in [5, 5.41) is 0. The maximum atomic E-state index is 5.21. The van der Waals surface area contributed by atoms with Crippen molar-refractivity contribution in [1.29, 1.82) is 0 Å². The third-order valence-electron chi connectivity index (χ3n) is 0.725. The third-order valence-corrected chi connectivity index (χ3v) is 2.76. The molecule has 0 bridgehead atoms. The first-order valence-corrected chi connectivity index (χ1v) is 7.13. The molecule has 9 heavy (non-hydrogen) atoms. The Hall–Kier alpha value is 0.867. The predicted octanol–water partition coefficient (Wildman–Crippen LogP) is 1.40. The highest BCUT2D eigenvalue weighted by Gasteiger charge is 2.04. The van der Waals surface area contributed by atoms with Crippen molar-refractivity contribution in [2.45, 2.75) is 19.8 Å². The van der Waals surface area contributed by atoms with Gasteiger partial charge in [0.1, 0.15) is 5.91 Å². The van der Waals surface area contributed by atoms with Crippen molar-refractivity contribution in [1.82, 2.24) is 0 Å². The zero-order valence-corrected chi connectivity index (χ0v) is 8.84. The van der Waals surface area contributed by atoms with Crippen LogP contribution < -0.4 is 0 Å². The van der Waals surface area contributed by atoms with Crippen LogP contribution >= 0.6 is 21.8 Å². The highest BCUT2D eigenvalue weighted by atomic mass is 127. The average molecular weight is 258 g/mol. The fourth-order valence-corrected chi connectivity index (χ4v) is 1.95. The second-order valence-electron chi connectivity index (χ2n) is 1.35. The first-order valence-electron chi connectivity index (χ1n) is 2.94. The van der Waals surface area contributed by atoms with E-state index in [1.807, 2.05) is 13.8 Å². The van der Waals surface area contributed by atoms with Gasteiger partial charge < -0.3 is 9.47 Å². The zero-order chi connectivity index (χ0) is 7.11. The molecule has 0 aromatic carbocycles. The van der Waals surface area contributed by atoms with Gasteiger partial charge in [0.25, 0.3) is 0 Å². The molecule has 0 unspecified atom stereocenters. The van der Waals surface area contributed by atoms with E-state index in [9.17, 15) is 0 Å². The van der Waals surface area contributed by atoms with Crippen LogP contribution in [0.4, 0.5) is 0 Å². The summed E-state index contributed by atoms with van der Waals surface area (Å²) in [7, 11) is 0.688. The first-order chi connectivity index (χ1) is 4.35. The molecule has 0 atom stereocenters. The van der Waals surface area contributed by atoms with E-state index in [4.69, 9.17) is 9.47 Å². The quantitative estimate of drug-likeness (QED) is 0.321. The minimum Gasteiger partial charge on any atom is -0.356 e. The van der Waals surface area contributed by atoms with E-state index in [0.717, 1.165) is 13.2 Å². The SMILES string of the molecule is CCOC(OCC)[Si]I. The van der Waals surface area contributed by atoms with Gasteiger partial charge in [-0.1, -0.05) is 0 Å². The highest BCUT2D eigenvalue weighted by molar-refractivity contribution is 14.1. The van der Waals surface area contributed by atoms with Crippen LogP contribution in [0.15, 0.2) is 0 Å². The van der Waals surface area contributed by atoms with Crippen LogP contribution in [-0.2, 0) is 9.47 Å². The summed E-state index contributed by atoms with van der Waals surface area (Å²) in [6.45, 7) is 5.42. The molecule has 0 N–H and O–H groups in total. The van der Waals surface area contributed by atoms with Gasteiger partial charge in [-0.3, -0.25) is 0 Å². The van der Waals surface area contributed by atoms with Gasteiger partial charge in [0.15, 0.2) is 0 Å². The molecule has 0 rings (SSSR count). The molecule has 0 aromatic rings. The van der Waals surface area contributed by atoms with Crippen molar-refractivity contribution in [2.75, 3.05) is 13.2 Å². The average Bonchev–Trinajstić information content (AvgIpc) is 1.88. The fraction of sp³-hybridized carbons (Fsp3) is 1.00. The van der Waals surface area contributed by atoms with Crippen molar-refractivity contribution < 1.29 is 9.47 Å².